The maximum Gasteiger partial charge on any atom is 0.223 e. The van der Waals surface area contributed by atoms with Gasteiger partial charge < -0.3 is 19.7 Å². The lowest BCUT2D eigenvalue weighted by atomic mass is 10.2. The van der Waals surface area contributed by atoms with Crippen LogP contribution in [0.5, 0.6) is 0 Å². The van der Waals surface area contributed by atoms with Crippen LogP contribution >= 0.6 is 0 Å². The van der Waals surface area contributed by atoms with E-state index in [1.807, 2.05) is 6.07 Å². The number of carbonyl (C=O) groups excluding carboxylic acids is 2. The molecule has 0 aromatic heterocycles. The van der Waals surface area contributed by atoms with Gasteiger partial charge in [0, 0.05) is 44.3 Å². The van der Waals surface area contributed by atoms with Gasteiger partial charge in [-0.25, -0.2) is 0 Å². The summed E-state index contributed by atoms with van der Waals surface area (Å²) in [6.45, 7) is 4.89. The number of carboxylic acid groups (broad SMARTS) is 1. The van der Waals surface area contributed by atoms with Gasteiger partial charge in [-0.3, -0.25) is 4.79 Å². The standard InChI is InChI=1S/C15H20N2O3/c1-12-3-2-4-13(11-12)16-7-9-17(10-8-16)14(18)5-6-15(19)20/h2-4,11H,5-10H2,1H3,(H,19,20)/p-1. The van der Waals surface area contributed by atoms with E-state index in [9.17, 15) is 14.7 Å². The highest BCUT2D eigenvalue weighted by Crippen LogP contribution is 2.18. The van der Waals surface area contributed by atoms with Gasteiger partial charge in [-0.15, -0.1) is 0 Å². The molecule has 0 N–H and O–H groups in total. The molecule has 0 aliphatic carbocycles. The Kier molecular flexibility index (Phi) is 4.61. The second-order valence-electron chi connectivity index (χ2n) is 5.08. The molecular weight excluding hydrogens is 256 g/mol. The van der Waals surface area contributed by atoms with Crippen molar-refractivity contribution >= 4 is 17.6 Å². The van der Waals surface area contributed by atoms with E-state index in [2.05, 4.69) is 30.0 Å². The number of hydrogen-bond donors (Lipinski definition) is 0. The van der Waals surface area contributed by atoms with Crippen molar-refractivity contribution in [2.75, 3.05) is 31.1 Å². The van der Waals surface area contributed by atoms with E-state index in [1.165, 1.54) is 11.3 Å². The van der Waals surface area contributed by atoms with Crippen molar-refractivity contribution in [2.24, 2.45) is 0 Å². The Hall–Kier alpha value is -2.04. The zero-order chi connectivity index (χ0) is 14.5. The lowest BCUT2D eigenvalue weighted by Gasteiger charge is -2.36. The highest BCUT2D eigenvalue weighted by molar-refractivity contribution is 5.80. The molecule has 1 aliphatic heterocycles. The average Bonchev–Trinajstić information content (AvgIpc) is 2.45. The minimum absolute atomic E-state index is 0.0345. The first kappa shape index (κ1) is 14.4. The molecule has 0 saturated carbocycles. The average molecular weight is 275 g/mol. The first-order valence-electron chi connectivity index (χ1n) is 6.85. The fraction of sp³-hybridized carbons (Fsp3) is 0.467. The van der Waals surface area contributed by atoms with Gasteiger partial charge in [0.1, 0.15) is 0 Å². The molecule has 108 valence electrons. The van der Waals surface area contributed by atoms with Crippen molar-refractivity contribution in [2.45, 2.75) is 19.8 Å². The van der Waals surface area contributed by atoms with Crippen molar-refractivity contribution in [3.63, 3.8) is 0 Å². The molecule has 20 heavy (non-hydrogen) atoms. The Balaban J connectivity index is 1.86. The Morgan fingerprint density at radius 2 is 1.85 bits per heavy atom. The van der Waals surface area contributed by atoms with Crippen molar-refractivity contribution in [1.82, 2.24) is 4.90 Å². The molecule has 1 amide bonds. The second kappa shape index (κ2) is 6.41. The van der Waals surface area contributed by atoms with Crippen LogP contribution in [0.15, 0.2) is 24.3 Å². The molecule has 5 heteroatoms. The summed E-state index contributed by atoms with van der Waals surface area (Å²) in [6.07, 6.45) is -0.163. The highest BCUT2D eigenvalue weighted by atomic mass is 16.4. The van der Waals surface area contributed by atoms with Crippen LogP contribution in [0.4, 0.5) is 5.69 Å². The lowest BCUT2D eigenvalue weighted by Crippen LogP contribution is -2.49. The van der Waals surface area contributed by atoms with Gasteiger partial charge in [-0.2, -0.15) is 0 Å². The molecule has 1 heterocycles. The highest BCUT2D eigenvalue weighted by Gasteiger charge is 2.20. The van der Waals surface area contributed by atoms with Gasteiger partial charge in [-0.1, -0.05) is 12.1 Å². The molecule has 1 aliphatic rings. The lowest BCUT2D eigenvalue weighted by molar-refractivity contribution is -0.305. The molecule has 0 atom stereocenters. The Morgan fingerprint density at radius 3 is 2.45 bits per heavy atom. The van der Waals surface area contributed by atoms with E-state index in [-0.39, 0.29) is 18.7 Å². The third-order valence-corrected chi connectivity index (χ3v) is 3.54. The van der Waals surface area contributed by atoms with Crippen molar-refractivity contribution in [1.29, 1.82) is 0 Å². The number of anilines is 1. The third kappa shape index (κ3) is 3.73. The Labute approximate surface area is 118 Å². The summed E-state index contributed by atoms with van der Waals surface area (Å²) < 4.78 is 0. The van der Waals surface area contributed by atoms with Crippen LogP contribution in [0.3, 0.4) is 0 Å². The van der Waals surface area contributed by atoms with Crippen molar-refractivity contribution < 1.29 is 14.7 Å². The van der Waals surface area contributed by atoms with Crippen LogP contribution < -0.4 is 10.0 Å². The van der Waals surface area contributed by atoms with Crippen molar-refractivity contribution in [3.8, 4) is 0 Å². The normalized spacial score (nSPS) is 15.2. The van der Waals surface area contributed by atoms with Crippen LogP contribution in [0.25, 0.3) is 0 Å². The number of amides is 1. The molecule has 2 rings (SSSR count). The van der Waals surface area contributed by atoms with E-state index in [0.29, 0.717) is 13.1 Å². The summed E-state index contributed by atoms with van der Waals surface area (Å²) in [5, 5.41) is 10.4. The zero-order valence-corrected chi connectivity index (χ0v) is 11.7. The van der Waals surface area contributed by atoms with E-state index in [1.54, 1.807) is 4.90 Å². The van der Waals surface area contributed by atoms with E-state index < -0.39 is 5.97 Å². The number of aryl methyl sites for hydroxylation is 1. The number of carbonyl (C=O) groups is 2. The fourth-order valence-electron chi connectivity index (χ4n) is 2.41. The molecule has 1 saturated heterocycles. The van der Waals surface area contributed by atoms with Gasteiger partial charge in [-0.05, 0) is 31.0 Å². The summed E-state index contributed by atoms with van der Waals surface area (Å²) in [5.41, 5.74) is 2.39. The number of benzene rings is 1. The van der Waals surface area contributed by atoms with Gasteiger partial charge in [0.2, 0.25) is 5.91 Å². The minimum atomic E-state index is -1.17. The summed E-state index contributed by atoms with van der Waals surface area (Å²) in [4.78, 5) is 26.2. The van der Waals surface area contributed by atoms with Gasteiger partial charge in [0.25, 0.3) is 0 Å². The number of carboxylic acids is 1. The Bertz CT molecular complexity index is 494. The molecule has 0 spiro atoms. The first-order valence-corrected chi connectivity index (χ1v) is 6.85. The first-order chi connectivity index (χ1) is 9.56. The van der Waals surface area contributed by atoms with Gasteiger partial charge in [0.15, 0.2) is 0 Å². The number of piperazine rings is 1. The van der Waals surface area contributed by atoms with E-state index in [4.69, 9.17) is 0 Å². The third-order valence-electron chi connectivity index (χ3n) is 3.54. The number of hydrogen-bond acceptors (Lipinski definition) is 4. The van der Waals surface area contributed by atoms with Gasteiger partial charge in [0.05, 0.1) is 0 Å². The molecular formula is C15H19N2O3-. The van der Waals surface area contributed by atoms with Crippen molar-refractivity contribution in [3.05, 3.63) is 29.8 Å². The molecule has 1 aromatic carbocycles. The predicted molar refractivity (Wildman–Crippen MR) is 74.2 cm³/mol. The van der Waals surface area contributed by atoms with Crippen LogP contribution in [-0.2, 0) is 9.59 Å². The summed E-state index contributed by atoms with van der Waals surface area (Å²) in [6, 6.07) is 8.29. The number of rotatable bonds is 4. The van der Waals surface area contributed by atoms with Gasteiger partial charge >= 0.3 is 0 Å². The number of aliphatic carboxylic acids is 1. The van der Waals surface area contributed by atoms with E-state index in [0.717, 1.165) is 13.1 Å². The maximum atomic E-state index is 11.8. The van der Waals surface area contributed by atoms with Crippen LogP contribution in [0.2, 0.25) is 0 Å². The minimum Gasteiger partial charge on any atom is -0.550 e. The monoisotopic (exact) mass is 275 g/mol. The van der Waals surface area contributed by atoms with Crippen LogP contribution in [0, 0.1) is 6.92 Å². The summed E-state index contributed by atoms with van der Waals surface area (Å²) in [5.74, 6) is -1.27. The predicted octanol–water partition coefficient (Wildman–Crippen LogP) is 0.174. The second-order valence-corrected chi connectivity index (χ2v) is 5.08. The summed E-state index contributed by atoms with van der Waals surface area (Å²) in [7, 11) is 0. The largest absolute Gasteiger partial charge is 0.550 e. The zero-order valence-electron chi connectivity index (χ0n) is 11.7. The Morgan fingerprint density at radius 1 is 1.15 bits per heavy atom. The molecule has 0 unspecified atom stereocenters. The topological polar surface area (TPSA) is 63.7 Å². The fourth-order valence-corrected chi connectivity index (χ4v) is 2.41. The van der Waals surface area contributed by atoms with E-state index >= 15 is 0 Å². The molecule has 5 nitrogen and oxygen atoms in total. The SMILES string of the molecule is Cc1cccc(N2CCN(C(=O)CCC(=O)[O-])CC2)c1. The van der Waals surface area contributed by atoms with Crippen LogP contribution in [0.1, 0.15) is 18.4 Å². The smallest absolute Gasteiger partial charge is 0.223 e. The molecule has 1 aromatic rings. The molecule has 0 radical (unpaired) electrons. The summed E-state index contributed by atoms with van der Waals surface area (Å²) >= 11 is 0. The molecule has 1 fully saturated rings. The van der Waals surface area contributed by atoms with Crippen LogP contribution in [-0.4, -0.2) is 43.0 Å². The number of nitrogens with zero attached hydrogens (tertiary/aromatic N) is 2. The maximum absolute atomic E-state index is 11.8. The molecule has 0 bridgehead atoms. The quantitative estimate of drug-likeness (QED) is 0.786.